The first-order valence-corrected chi connectivity index (χ1v) is 33.4. The smallest absolute Gasteiger partial charge is 0.338 e. The Morgan fingerprint density at radius 3 is 1.55 bits per heavy atom. The summed E-state index contributed by atoms with van der Waals surface area (Å²) in [7, 11) is 1.22. The summed E-state index contributed by atoms with van der Waals surface area (Å²) in [6.07, 6.45) is -54.7. The van der Waals surface area contributed by atoms with Crippen LogP contribution in [0.5, 0.6) is 17.2 Å². The molecule has 15 N–H and O–H groups in total. The SMILES string of the molecule is COc1cc(/C=C/C(=O)O[C@H]2[C@H](O[C@@H]3O[C@H](COC(C)=O)[C@@H](OC(C)=O)[C@H](O[C@@H]4O[C@H](CO)[C@@H](O)[C@H](O)[C@H]4O)[C@H]3O)[C@@H](O[C@]3(COC(=O)/C=C/c4ccc(O)cc4)O[C@H](CO)[C@@H](O)[C@@H]3OC(=O)c3ccccc3)[C@H](O[C@@H]3O[C@H](CO)[C@@H](O)[C@H](O)[C@H]3O)O[C@@H]2COC(C)=O)ccc1O[C@@H]1O[C@@H](C)[C@H](O)[C@@H](O)[C@H]1O. The molecule has 0 radical (unpaired) electrons. The van der Waals surface area contributed by atoms with Crippen molar-refractivity contribution >= 4 is 48.0 Å². The summed E-state index contributed by atoms with van der Waals surface area (Å²) in [6.45, 7) is -2.56. The number of carbonyl (C=O) groups excluding carboxylic acids is 6. The molecule has 107 heavy (non-hydrogen) atoms. The molecule has 0 saturated carbocycles. The molecule has 39 nitrogen and oxygen atoms in total. The van der Waals surface area contributed by atoms with Crippen LogP contribution < -0.4 is 9.47 Å². The van der Waals surface area contributed by atoms with E-state index in [2.05, 4.69) is 0 Å². The second-order valence-corrected chi connectivity index (χ2v) is 25.4. The maximum absolute atomic E-state index is 14.9. The number of hydrogen-bond donors (Lipinski definition) is 15. The predicted molar refractivity (Wildman–Crippen MR) is 345 cm³/mol. The minimum Gasteiger partial charge on any atom is -0.508 e. The van der Waals surface area contributed by atoms with E-state index in [4.69, 9.17) is 85.3 Å². The Kier molecular flexibility index (Phi) is 29.0. The van der Waals surface area contributed by atoms with Gasteiger partial charge in [0.1, 0.15) is 142 Å². The largest absolute Gasteiger partial charge is 0.508 e. The lowest BCUT2D eigenvalue weighted by Crippen LogP contribution is -2.70. The van der Waals surface area contributed by atoms with Crippen molar-refractivity contribution < 1.29 is 191 Å². The lowest BCUT2D eigenvalue weighted by atomic mass is 9.95. The van der Waals surface area contributed by atoms with Crippen molar-refractivity contribution in [2.45, 2.75) is 205 Å². The summed E-state index contributed by atoms with van der Waals surface area (Å²) in [5.41, 5.74) is 0.224. The number of esters is 6. The summed E-state index contributed by atoms with van der Waals surface area (Å²) >= 11 is 0. The van der Waals surface area contributed by atoms with Gasteiger partial charge in [-0.05, 0) is 66.6 Å². The summed E-state index contributed by atoms with van der Waals surface area (Å²) in [5.74, 6) is -10.6. The Labute approximate surface area is 607 Å². The van der Waals surface area contributed by atoms with E-state index in [0.29, 0.717) is 5.56 Å². The van der Waals surface area contributed by atoms with Crippen LogP contribution in [0.1, 0.15) is 49.2 Å². The van der Waals surface area contributed by atoms with Crippen molar-refractivity contribution in [2.75, 3.05) is 46.8 Å². The zero-order valence-electron chi connectivity index (χ0n) is 57.7. The molecule has 6 aliphatic heterocycles. The first kappa shape index (κ1) is 83.4. The number of ether oxygens (including phenoxy) is 18. The number of rotatable bonds is 28. The highest BCUT2D eigenvalue weighted by Gasteiger charge is 2.65. The minimum atomic E-state index is -3.16. The van der Waals surface area contributed by atoms with Crippen molar-refractivity contribution in [2.24, 2.45) is 0 Å². The summed E-state index contributed by atoms with van der Waals surface area (Å²) in [4.78, 5) is 82.1. The third-order valence-corrected chi connectivity index (χ3v) is 17.8. The van der Waals surface area contributed by atoms with E-state index in [1.165, 1.54) is 92.9 Å². The molecule has 0 aliphatic carbocycles. The molecule has 6 aliphatic rings. The van der Waals surface area contributed by atoms with Crippen LogP contribution in [-0.4, -0.2) is 337 Å². The normalized spacial score (nSPS) is 37.3. The van der Waals surface area contributed by atoms with Crippen molar-refractivity contribution in [1.82, 2.24) is 0 Å². The topological polar surface area (TPSA) is 572 Å². The van der Waals surface area contributed by atoms with Gasteiger partial charge in [-0.25, -0.2) is 14.4 Å². The molecule has 6 heterocycles. The molecule has 0 spiro atoms. The number of aromatic hydroxyl groups is 1. The van der Waals surface area contributed by atoms with Gasteiger partial charge in [-0.1, -0.05) is 36.4 Å². The number of hydrogen-bond acceptors (Lipinski definition) is 39. The molecule has 3 aromatic carbocycles. The second kappa shape index (κ2) is 37.2. The van der Waals surface area contributed by atoms with Crippen LogP contribution in [0, 0.1) is 0 Å². The molecule has 0 bridgehead atoms. The maximum atomic E-state index is 14.9. The summed E-state index contributed by atoms with van der Waals surface area (Å²) < 4.78 is 108. The standard InChI is InChI=1S/C68H86O39/c1-28-45(78)49(82)52(85)63(94-28)96-36-18-13-33(21-37(36)90-5)15-20-44(77)101-57-42(26-92-30(3)73)100-67(105-65-54(87)51(84)47(80)39(23-70)98-65)60(59(57)103-66-55(88)58(56(95-31(4)74)41(99-66)25-91-29(2)72)102-64-53(86)50(83)46(79)38(22-69)97-64)107-68(27-93-43(76)19-14-32-11-16-35(75)17-12-32)61(48(81)40(24-71)106-68)104-62(89)34-9-7-6-8-10-34/h6-21,28,38-42,45-61,63-67,69-71,75,78-88H,22-27H2,1-5H3/b19-14+,20-15+/t28-,38+,39+,40+,41+,42+,45-,46+,47+,48+,49+,50-,51-,52+,53+,54+,55+,56+,57+,58+,59-,60+,61-,63-,64-,65-,66-,67-,68-/m0/s1. The van der Waals surface area contributed by atoms with Gasteiger partial charge < -0.3 is 162 Å². The van der Waals surface area contributed by atoms with Gasteiger partial charge in [0, 0.05) is 32.9 Å². The molecule has 0 amide bonds. The Bertz CT molecular complexity index is 3510. The molecule has 29 atom stereocenters. The van der Waals surface area contributed by atoms with Crippen molar-refractivity contribution in [3.63, 3.8) is 0 Å². The number of phenols is 1. The molecule has 9 rings (SSSR count). The van der Waals surface area contributed by atoms with Crippen LogP contribution in [0.2, 0.25) is 0 Å². The quantitative estimate of drug-likeness (QED) is 0.0183. The highest BCUT2D eigenvalue weighted by atomic mass is 16.8. The van der Waals surface area contributed by atoms with Gasteiger partial charge in [0.25, 0.3) is 0 Å². The maximum Gasteiger partial charge on any atom is 0.338 e. The van der Waals surface area contributed by atoms with Gasteiger partial charge in [-0.2, -0.15) is 0 Å². The van der Waals surface area contributed by atoms with Gasteiger partial charge >= 0.3 is 35.8 Å². The average molecular weight is 1530 g/mol. The monoisotopic (exact) mass is 1530 g/mol. The minimum absolute atomic E-state index is 0.0724. The van der Waals surface area contributed by atoms with Crippen molar-refractivity contribution in [3.05, 3.63) is 102 Å². The van der Waals surface area contributed by atoms with E-state index >= 15 is 0 Å². The summed E-state index contributed by atoms with van der Waals surface area (Å²) in [6, 6.07) is 16.2. The molecular formula is C68H86O39. The number of benzene rings is 3. The van der Waals surface area contributed by atoms with E-state index in [1.807, 2.05) is 0 Å². The number of methoxy groups -OCH3 is 1. The summed E-state index contributed by atoms with van der Waals surface area (Å²) in [5, 5.41) is 165. The van der Waals surface area contributed by atoms with Gasteiger partial charge in [0.05, 0.1) is 38.6 Å². The third-order valence-electron chi connectivity index (χ3n) is 17.8. The fourth-order valence-corrected chi connectivity index (χ4v) is 12.2. The van der Waals surface area contributed by atoms with Crippen molar-refractivity contribution in [3.8, 4) is 17.2 Å². The number of aliphatic hydroxyl groups excluding tert-OH is 14. The zero-order valence-corrected chi connectivity index (χ0v) is 57.7. The number of phenolic OH excluding ortho intramolecular Hbond substituents is 1. The van der Waals surface area contributed by atoms with Crippen molar-refractivity contribution in [1.29, 1.82) is 0 Å². The third kappa shape index (κ3) is 20.1. The highest BCUT2D eigenvalue weighted by Crippen LogP contribution is 2.44. The second-order valence-electron chi connectivity index (χ2n) is 25.4. The van der Waals surface area contributed by atoms with E-state index in [9.17, 15) is 105 Å². The van der Waals surface area contributed by atoms with E-state index in [0.717, 1.165) is 39.0 Å². The fraction of sp³-hybridized carbons (Fsp3) is 0.588. The van der Waals surface area contributed by atoms with Gasteiger partial charge in [-0.3, -0.25) is 14.4 Å². The highest BCUT2D eigenvalue weighted by molar-refractivity contribution is 5.90. The van der Waals surface area contributed by atoms with Crippen LogP contribution in [0.15, 0.2) is 84.9 Å². The van der Waals surface area contributed by atoms with Gasteiger partial charge in [0.2, 0.25) is 12.1 Å². The number of carbonyl (C=O) groups is 6. The lowest BCUT2D eigenvalue weighted by Gasteiger charge is -2.51. The Morgan fingerprint density at radius 1 is 0.458 bits per heavy atom. The average Bonchev–Trinajstić information content (AvgIpc) is 1.70. The zero-order chi connectivity index (χ0) is 77.9. The van der Waals surface area contributed by atoms with Gasteiger partial charge in [-0.15, -0.1) is 0 Å². The fourth-order valence-electron chi connectivity index (χ4n) is 12.2. The van der Waals surface area contributed by atoms with Crippen LogP contribution in [0.3, 0.4) is 0 Å². The first-order valence-electron chi connectivity index (χ1n) is 33.4. The molecule has 3 aromatic rings. The molecule has 6 saturated heterocycles. The Morgan fingerprint density at radius 2 is 0.972 bits per heavy atom. The first-order chi connectivity index (χ1) is 50.9. The van der Waals surface area contributed by atoms with Crippen LogP contribution >= 0.6 is 0 Å². The van der Waals surface area contributed by atoms with E-state index < -0.39 is 253 Å². The number of aliphatic hydroxyl groups is 14. The van der Waals surface area contributed by atoms with Gasteiger partial charge in [0.15, 0.2) is 55.0 Å². The lowest BCUT2D eigenvalue weighted by molar-refractivity contribution is -0.422. The van der Waals surface area contributed by atoms with Crippen LogP contribution in [0.4, 0.5) is 0 Å². The predicted octanol–water partition coefficient (Wildman–Crippen LogP) is -5.90. The van der Waals surface area contributed by atoms with E-state index in [1.54, 1.807) is 0 Å². The Balaban J connectivity index is 1.23. The molecule has 6 fully saturated rings. The molecular weight excluding hydrogens is 1440 g/mol. The molecule has 39 heteroatoms. The van der Waals surface area contributed by atoms with Crippen LogP contribution in [-0.2, 0) is 99.8 Å². The molecule has 0 aromatic heterocycles. The Hall–Kier alpha value is -7.60. The van der Waals surface area contributed by atoms with E-state index in [-0.39, 0.29) is 28.4 Å². The molecule has 592 valence electrons. The molecule has 0 unspecified atom stereocenters. The van der Waals surface area contributed by atoms with Crippen LogP contribution in [0.25, 0.3) is 12.2 Å².